The SMILES string of the molecule is Br.Cc1cccc(N=c2scc(-c3ccccc3)n2CCO)c1. The first-order chi connectivity index (χ1) is 10.8. The van der Waals surface area contributed by atoms with Crippen LogP contribution in [0.2, 0.25) is 0 Å². The van der Waals surface area contributed by atoms with Crippen LogP contribution in [0.25, 0.3) is 11.3 Å². The van der Waals surface area contributed by atoms with E-state index < -0.39 is 0 Å². The molecule has 0 amide bonds. The summed E-state index contributed by atoms with van der Waals surface area (Å²) < 4.78 is 2.07. The molecule has 0 fully saturated rings. The number of benzene rings is 2. The number of aryl methyl sites for hydroxylation is 1. The fourth-order valence-electron chi connectivity index (χ4n) is 2.38. The van der Waals surface area contributed by atoms with Crippen LogP contribution in [-0.2, 0) is 6.54 Å². The molecule has 1 heterocycles. The van der Waals surface area contributed by atoms with Crippen LogP contribution in [0.1, 0.15) is 5.56 Å². The van der Waals surface area contributed by atoms with Gasteiger partial charge in [-0.3, -0.25) is 0 Å². The van der Waals surface area contributed by atoms with Crippen molar-refractivity contribution in [1.82, 2.24) is 4.57 Å². The molecule has 0 aliphatic carbocycles. The van der Waals surface area contributed by atoms with E-state index >= 15 is 0 Å². The fourth-order valence-corrected chi connectivity index (χ4v) is 3.34. The monoisotopic (exact) mass is 390 g/mol. The van der Waals surface area contributed by atoms with Crippen molar-refractivity contribution in [2.75, 3.05) is 6.61 Å². The van der Waals surface area contributed by atoms with Gasteiger partial charge in [-0.15, -0.1) is 28.3 Å². The molecular weight excluding hydrogens is 372 g/mol. The molecule has 0 saturated carbocycles. The van der Waals surface area contributed by atoms with Gasteiger partial charge in [-0.25, -0.2) is 4.99 Å². The molecule has 0 spiro atoms. The number of halogens is 1. The predicted molar refractivity (Wildman–Crippen MR) is 102 cm³/mol. The third-order valence-electron chi connectivity index (χ3n) is 3.42. The molecule has 3 rings (SSSR count). The number of thiazole rings is 1. The van der Waals surface area contributed by atoms with Crippen molar-refractivity contribution in [3.8, 4) is 11.3 Å². The Morgan fingerprint density at radius 3 is 2.57 bits per heavy atom. The molecule has 0 unspecified atom stereocenters. The van der Waals surface area contributed by atoms with Gasteiger partial charge in [0.1, 0.15) is 0 Å². The summed E-state index contributed by atoms with van der Waals surface area (Å²) in [6, 6.07) is 18.3. The smallest absolute Gasteiger partial charge is 0.190 e. The number of aliphatic hydroxyl groups is 1. The lowest BCUT2D eigenvalue weighted by Gasteiger charge is -2.07. The van der Waals surface area contributed by atoms with E-state index in [1.54, 1.807) is 11.3 Å². The second kappa shape index (κ2) is 8.24. The minimum absolute atomic E-state index is 0. The second-order valence-electron chi connectivity index (χ2n) is 5.10. The zero-order valence-corrected chi connectivity index (χ0v) is 15.4. The molecule has 2 aromatic carbocycles. The Labute approximate surface area is 150 Å². The van der Waals surface area contributed by atoms with Gasteiger partial charge in [-0.05, 0) is 30.2 Å². The zero-order chi connectivity index (χ0) is 15.4. The highest BCUT2D eigenvalue weighted by Crippen LogP contribution is 2.20. The van der Waals surface area contributed by atoms with Crippen molar-refractivity contribution in [2.45, 2.75) is 13.5 Å². The van der Waals surface area contributed by atoms with Crippen molar-refractivity contribution < 1.29 is 5.11 Å². The summed E-state index contributed by atoms with van der Waals surface area (Å²) in [5, 5.41) is 11.5. The molecule has 0 radical (unpaired) electrons. The first-order valence-electron chi connectivity index (χ1n) is 7.24. The van der Waals surface area contributed by atoms with Gasteiger partial charge in [0.05, 0.1) is 18.0 Å². The van der Waals surface area contributed by atoms with E-state index in [2.05, 4.69) is 41.1 Å². The average molecular weight is 391 g/mol. The van der Waals surface area contributed by atoms with Gasteiger partial charge in [-0.2, -0.15) is 0 Å². The van der Waals surface area contributed by atoms with E-state index in [-0.39, 0.29) is 23.6 Å². The van der Waals surface area contributed by atoms with Crippen LogP contribution in [0, 0.1) is 6.92 Å². The predicted octanol–water partition coefficient (Wildman–Crippen LogP) is 4.33. The molecule has 3 aromatic rings. The summed E-state index contributed by atoms with van der Waals surface area (Å²) in [4.78, 5) is 5.64. The number of hydrogen-bond donors (Lipinski definition) is 1. The molecule has 1 aromatic heterocycles. The van der Waals surface area contributed by atoms with Gasteiger partial charge in [0, 0.05) is 11.9 Å². The maximum Gasteiger partial charge on any atom is 0.190 e. The summed E-state index contributed by atoms with van der Waals surface area (Å²) in [7, 11) is 0. The Morgan fingerprint density at radius 1 is 1.09 bits per heavy atom. The molecule has 0 bridgehead atoms. The number of aromatic nitrogens is 1. The largest absolute Gasteiger partial charge is 0.395 e. The third-order valence-corrected chi connectivity index (χ3v) is 4.28. The van der Waals surface area contributed by atoms with Crippen LogP contribution in [0.5, 0.6) is 0 Å². The number of rotatable bonds is 4. The molecule has 1 N–H and O–H groups in total. The molecular formula is C18H19BrN2OS. The Morgan fingerprint density at radius 2 is 1.87 bits per heavy atom. The van der Waals surface area contributed by atoms with Crippen molar-refractivity contribution in [1.29, 1.82) is 0 Å². The van der Waals surface area contributed by atoms with E-state index in [4.69, 9.17) is 4.99 Å². The molecule has 23 heavy (non-hydrogen) atoms. The highest BCUT2D eigenvalue weighted by atomic mass is 79.9. The second-order valence-corrected chi connectivity index (χ2v) is 5.93. The molecule has 0 aliphatic rings. The van der Waals surface area contributed by atoms with Crippen molar-refractivity contribution in [3.05, 3.63) is 70.3 Å². The summed E-state index contributed by atoms with van der Waals surface area (Å²) in [5.74, 6) is 0. The Bertz CT molecular complexity index is 824. The topological polar surface area (TPSA) is 37.5 Å². The third kappa shape index (κ3) is 4.19. The van der Waals surface area contributed by atoms with E-state index in [1.807, 2.05) is 30.3 Å². The maximum atomic E-state index is 9.39. The lowest BCUT2D eigenvalue weighted by molar-refractivity contribution is 0.275. The number of hydrogen-bond acceptors (Lipinski definition) is 3. The van der Waals surface area contributed by atoms with Crippen molar-refractivity contribution in [3.63, 3.8) is 0 Å². The average Bonchev–Trinajstić information content (AvgIpc) is 2.91. The van der Waals surface area contributed by atoms with Crippen LogP contribution >= 0.6 is 28.3 Å². The quantitative estimate of drug-likeness (QED) is 0.707. The van der Waals surface area contributed by atoms with Crippen LogP contribution in [-0.4, -0.2) is 16.3 Å². The number of nitrogens with zero attached hydrogens (tertiary/aromatic N) is 2. The normalized spacial score (nSPS) is 11.3. The molecule has 0 saturated heterocycles. The Kier molecular flexibility index (Phi) is 6.33. The van der Waals surface area contributed by atoms with E-state index in [0.717, 1.165) is 21.7 Å². The fraction of sp³-hybridized carbons (Fsp3) is 0.167. The first-order valence-corrected chi connectivity index (χ1v) is 8.12. The van der Waals surface area contributed by atoms with Crippen LogP contribution in [0.4, 0.5) is 5.69 Å². The first kappa shape index (κ1) is 17.7. The lowest BCUT2D eigenvalue weighted by atomic mass is 10.2. The molecule has 5 heteroatoms. The summed E-state index contributed by atoms with van der Waals surface area (Å²) in [6.45, 7) is 2.70. The molecule has 3 nitrogen and oxygen atoms in total. The molecule has 120 valence electrons. The molecule has 0 aliphatic heterocycles. The highest BCUT2D eigenvalue weighted by molar-refractivity contribution is 8.93. The van der Waals surface area contributed by atoms with E-state index in [0.29, 0.717) is 6.54 Å². The van der Waals surface area contributed by atoms with Gasteiger partial charge < -0.3 is 9.67 Å². The summed E-state index contributed by atoms with van der Waals surface area (Å²) >= 11 is 1.60. The Hall–Kier alpha value is -1.69. The van der Waals surface area contributed by atoms with Crippen LogP contribution in [0.15, 0.2) is 65.0 Å². The van der Waals surface area contributed by atoms with Crippen molar-refractivity contribution >= 4 is 34.0 Å². The minimum Gasteiger partial charge on any atom is -0.395 e. The summed E-state index contributed by atoms with van der Waals surface area (Å²) in [6.07, 6.45) is 0. The van der Waals surface area contributed by atoms with Gasteiger partial charge in [0.25, 0.3) is 0 Å². The molecule has 0 atom stereocenters. The minimum atomic E-state index is 0. The van der Waals surface area contributed by atoms with Gasteiger partial charge in [0.15, 0.2) is 4.80 Å². The van der Waals surface area contributed by atoms with E-state index in [9.17, 15) is 5.11 Å². The van der Waals surface area contributed by atoms with Crippen LogP contribution < -0.4 is 4.80 Å². The van der Waals surface area contributed by atoms with Gasteiger partial charge in [0.2, 0.25) is 0 Å². The van der Waals surface area contributed by atoms with Gasteiger partial charge >= 0.3 is 0 Å². The standard InChI is InChI=1S/C18H18N2OS.BrH/c1-14-6-5-9-16(12-14)19-18-20(10-11-21)17(13-22-18)15-7-3-2-4-8-15;/h2-9,12-13,21H,10-11H2,1H3;1H. The Balaban J connectivity index is 0.00000192. The van der Waals surface area contributed by atoms with Gasteiger partial charge in [-0.1, -0.05) is 42.5 Å². The lowest BCUT2D eigenvalue weighted by Crippen LogP contribution is -2.17. The maximum absolute atomic E-state index is 9.39. The zero-order valence-electron chi connectivity index (χ0n) is 12.8. The van der Waals surface area contributed by atoms with E-state index in [1.165, 1.54) is 5.56 Å². The highest BCUT2D eigenvalue weighted by Gasteiger charge is 2.07. The number of aliphatic hydroxyl groups excluding tert-OH is 1. The summed E-state index contributed by atoms with van der Waals surface area (Å²) in [5.41, 5.74) is 4.35. The van der Waals surface area contributed by atoms with Crippen molar-refractivity contribution in [2.24, 2.45) is 4.99 Å². The van der Waals surface area contributed by atoms with Crippen LogP contribution in [0.3, 0.4) is 0 Å².